The Morgan fingerprint density at radius 2 is 2.14 bits per heavy atom. The highest BCUT2D eigenvalue weighted by Gasteiger charge is 2.25. The first-order valence-corrected chi connectivity index (χ1v) is 4.86. The van der Waals surface area contributed by atoms with Crippen LogP contribution in [0.5, 0.6) is 0 Å². The van der Waals surface area contributed by atoms with Crippen molar-refractivity contribution in [2.75, 3.05) is 13.7 Å². The van der Waals surface area contributed by atoms with Crippen LogP contribution in [0.4, 0.5) is 0 Å². The molecule has 0 bridgehead atoms. The topological polar surface area (TPSA) is 53.3 Å². The van der Waals surface area contributed by atoms with Crippen molar-refractivity contribution in [2.24, 2.45) is 0 Å². The van der Waals surface area contributed by atoms with Gasteiger partial charge in [-0.25, -0.2) is 0 Å². The molecule has 4 heteroatoms. The molecule has 80 valence electrons. The molecule has 0 aliphatic carbocycles. The molecule has 0 aromatic heterocycles. The van der Waals surface area contributed by atoms with E-state index in [-0.39, 0.29) is 18.1 Å². The van der Waals surface area contributed by atoms with Crippen LogP contribution in [0.2, 0.25) is 0 Å². The first kappa shape index (κ1) is 12.9. The molecule has 2 unspecified atom stereocenters. The third-order valence-corrected chi connectivity index (χ3v) is 2.23. The summed E-state index contributed by atoms with van der Waals surface area (Å²) >= 11 is 0. The summed E-state index contributed by atoms with van der Waals surface area (Å²) in [5, 5.41) is 8.72. The van der Waals surface area contributed by atoms with Crippen LogP contribution in [0.15, 0.2) is 0 Å². The minimum Gasteiger partial charge on any atom is -0.465 e. The van der Waals surface area contributed by atoms with Gasteiger partial charge in [0.25, 0.3) is 0 Å². The van der Waals surface area contributed by atoms with Crippen LogP contribution in [0.25, 0.3) is 0 Å². The van der Waals surface area contributed by atoms with Gasteiger partial charge in [0.1, 0.15) is 6.04 Å². The van der Waals surface area contributed by atoms with Crippen molar-refractivity contribution < 1.29 is 9.53 Å². The minimum absolute atomic E-state index is 0.250. The average Bonchev–Trinajstić information content (AvgIpc) is 2.18. The first-order valence-electron chi connectivity index (χ1n) is 4.86. The zero-order chi connectivity index (χ0) is 11.1. The molecule has 0 rings (SSSR count). The molecule has 0 heterocycles. The number of ether oxygens (including phenoxy) is 1. The fraction of sp³-hybridized carbons (Fsp3) is 0.800. The smallest absolute Gasteiger partial charge is 0.323 e. The van der Waals surface area contributed by atoms with Crippen LogP contribution in [-0.4, -0.2) is 36.6 Å². The van der Waals surface area contributed by atoms with Gasteiger partial charge in [0, 0.05) is 0 Å². The van der Waals surface area contributed by atoms with Crippen molar-refractivity contribution in [3.05, 3.63) is 0 Å². The molecule has 0 saturated heterocycles. The quantitative estimate of drug-likeness (QED) is 0.622. The number of esters is 1. The van der Waals surface area contributed by atoms with Crippen molar-refractivity contribution in [2.45, 2.75) is 39.3 Å². The summed E-state index contributed by atoms with van der Waals surface area (Å²) in [7, 11) is 1.76. The summed E-state index contributed by atoms with van der Waals surface area (Å²) in [6, 6.07) is 1.51. The van der Waals surface area contributed by atoms with E-state index >= 15 is 0 Å². The van der Waals surface area contributed by atoms with Gasteiger partial charge >= 0.3 is 5.97 Å². The summed E-state index contributed by atoms with van der Waals surface area (Å²) in [5.74, 6) is -0.250. The Bertz CT molecular complexity index is 223. The average molecular weight is 198 g/mol. The minimum atomic E-state index is -0.315. The van der Waals surface area contributed by atoms with Crippen molar-refractivity contribution >= 4 is 5.97 Å². The summed E-state index contributed by atoms with van der Waals surface area (Å²) in [4.78, 5) is 13.2. The third-order valence-electron chi connectivity index (χ3n) is 2.23. The van der Waals surface area contributed by atoms with Gasteiger partial charge in [-0.3, -0.25) is 9.69 Å². The fourth-order valence-electron chi connectivity index (χ4n) is 1.22. The highest BCUT2D eigenvalue weighted by atomic mass is 16.5. The Kier molecular flexibility index (Phi) is 5.89. The molecule has 0 saturated carbocycles. The maximum absolute atomic E-state index is 11.5. The van der Waals surface area contributed by atoms with E-state index in [1.807, 2.05) is 6.92 Å². The number of hydrogen-bond acceptors (Lipinski definition) is 4. The normalized spacial score (nSPS) is 14.6. The van der Waals surface area contributed by atoms with E-state index in [1.165, 1.54) is 0 Å². The predicted molar refractivity (Wildman–Crippen MR) is 53.6 cm³/mol. The lowest BCUT2D eigenvalue weighted by Gasteiger charge is -2.26. The van der Waals surface area contributed by atoms with Gasteiger partial charge in [-0.2, -0.15) is 5.26 Å². The number of nitrogens with zero attached hydrogens (tertiary/aromatic N) is 2. The highest BCUT2D eigenvalue weighted by Crippen LogP contribution is 2.07. The third kappa shape index (κ3) is 3.35. The van der Waals surface area contributed by atoms with E-state index in [0.29, 0.717) is 13.0 Å². The van der Waals surface area contributed by atoms with Gasteiger partial charge in [0.15, 0.2) is 0 Å². The number of rotatable bonds is 5. The molecule has 0 spiro atoms. The number of likely N-dealkylation sites (N-methyl/N-ethyl adjacent to an activating group) is 1. The molecular formula is C10H18N2O2. The Balaban J connectivity index is 4.40. The van der Waals surface area contributed by atoms with Gasteiger partial charge in [-0.05, 0) is 27.3 Å². The second-order valence-electron chi connectivity index (χ2n) is 3.15. The van der Waals surface area contributed by atoms with Crippen LogP contribution in [0.1, 0.15) is 27.2 Å². The molecule has 0 fully saturated rings. The van der Waals surface area contributed by atoms with Gasteiger partial charge in [-0.15, -0.1) is 0 Å². The lowest BCUT2D eigenvalue weighted by Crippen LogP contribution is -2.43. The fourth-order valence-corrected chi connectivity index (χ4v) is 1.22. The van der Waals surface area contributed by atoms with Gasteiger partial charge in [-0.1, -0.05) is 6.92 Å². The summed E-state index contributed by atoms with van der Waals surface area (Å²) in [6.45, 7) is 5.83. The van der Waals surface area contributed by atoms with Crippen molar-refractivity contribution in [1.29, 1.82) is 5.26 Å². The Labute approximate surface area is 85.5 Å². The molecule has 0 amide bonds. The number of carbonyl (C=O) groups excluding carboxylic acids is 1. The number of carbonyl (C=O) groups is 1. The predicted octanol–water partition coefficient (Wildman–Crippen LogP) is 1.17. The molecule has 0 N–H and O–H groups in total. The second kappa shape index (κ2) is 6.39. The standard InChI is InChI=1S/C10H18N2O2/c1-5-9(10(13)14-6-2)12(4)8(3)7-11/h8-9H,5-6H2,1-4H3. The van der Waals surface area contributed by atoms with Crippen LogP contribution >= 0.6 is 0 Å². The monoisotopic (exact) mass is 198 g/mol. The van der Waals surface area contributed by atoms with Crippen LogP contribution < -0.4 is 0 Å². The largest absolute Gasteiger partial charge is 0.465 e. The maximum atomic E-state index is 11.5. The zero-order valence-corrected chi connectivity index (χ0v) is 9.28. The number of hydrogen-bond donors (Lipinski definition) is 0. The molecular weight excluding hydrogens is 180 g/mol. The van der Waals surface area contributed by atoms with Crippen LogP contribution in [0, 0.1) is 11.3 Å². The van der Waals surface area contributed by atoms with Crippen molar-refractivity contribution in [1.82, 2.24) is 4.90 Å². The van der Waals surface area contributed by atoms with E-state index in [0.717, 1.165) is 0 Å². The number of nitriles is 1. The molecule has 0 radical (unpaired) electrons. The molecule has 0 aliphatic rings. The van der Waals surface area contributed by atoms with Gasteiger partial charge in [0.2, 0.25) is 0 Å². The van der Waals surface area contributed by atoms with Gasteiger partial charge in [0.05, 0.1) is 18.7 Å². The molecule has 0 aromatic carbocycles. The van der Waals surface area contributed by atoms with Crippen LogP contribution in [0.3, 0.4) is 0 Å². The Morgan fingerprint density at radius 1 is 1.57 bits per heavy atom. The summed E-state index contributed by atoms with van der Waals surface area (Å²) in [6.07, 6.45) is 0.654. The summed E-state index contributed by atoms with van der Waals surface area (Å²) < 4.78 is 4.92. The van der Waals surface area contributed by atoms with Gasteiger partial charge < -0.3 is 4.74 Å². The zero-order valence-electron chi connectivity index (χ0n) is 9.28. The molecule has 14 heavy (non-hydrogen) atoms. The van der Waals surface area contributed by atoms with E-state index in [2.05, 4.69) is 6.07 Å². The van der Waals surface area contributed by atoms with E-state index < -0.39 is 0 Å². The molecule has 2 atom stereocenters. The van der Waals surface area contributed by atoms with E-state index in [4.69, 9.17) is 10.00 Å². The van der Waals surface area contributed by atoms with Crippen molar-refractivity contribution in [3.63, 3.8) is 0 Å². The lowest BCUT2D eigenvalue weighted by atomic mass is 10.1. The lowest BCUT2D eigenvalue weighted by molar-refractivity contribution is -0.149. The van der Waals surface area contributed by atoms with Crippen LogP contribution in [-0.2, 0) is 9.53 Å². The maximum Gasteiger partial charge on any atom is 0.323 e. The van der Waals surface area contributed by atoms with E-state index in [9.17, 15) is 4.79 Å². The molecule has 0 aliphatic heterocycles. The molecule has 0 aromatic rings. The Morgan fingerprint density at radius 3 is 2.50 bits per heavy atom. The summed E-state index contributed by atoms with van der Waals surface area (Å²) in [5.41, 5.74) is 0. The molecule has 4 nitrogen and oxygen atoms in total. The van der Waals surface area contributed by atoms with Crippen molar-refractivity contribution in [3.8, 4) is 6.07 Å². The first-order chi connectivity index (χ1) is 6.58. The Hall–Kier alpha value is -1.08. The second-order valence-corrected chi connectivity index (χ2v) is 3.15. The van der Waals surface area contributed by atoms with E-state index in [1.54, 1.807) is 25.8 Å². The highest BCUT2D eigenvalue weighted by molar-refractivity contribution is 5.75. The SMILES string of the molecule is CCOC(=O)C(CC)N(C)C(C)C#N.